The van der Waals surface area contributed by atoms with Crippen molar-refractivity contribution in [1.82, 2.24) is 9.97 Å². The number of halogens is 1. The summed E-state index contributed by atoms with van der Waals surface area (Å²) >= 11 is 0. The SMILES string of the molecule is Cc1cnc(N)nc1Oc1cccc(F)c1C#N. The van der Waals surface area contributed by atoms with Crippen molar-refractivity contribution in [3.63, 3.8) is 0 Å². The maximum absolute atomic E-state index is 13.4. The van der Waals surface area contributed by atoms with Crippen LogP contribution in [0.1, 0.15) is 11.1 Å². The Kier molecular flexibility index (Phi) is 3.06. The molecule has 0 aliphatic carbocycles. The molecule has 2 N–H and O–H groups in total. The number of nitrogen functional groups attached to an aromatic ring is 1. The smallest absolute Gasteiger partial charge is 0.227 e. The van der Waals surface area contributed by atoms with E-state index < -0.39 is 5.82 Å². The molecule has 0 saturated carbocycles. The highest BCUT2D eigenvalue weighted by atomic mass is 19.1. The van der Waals surface area contributed by atoms with Gasteiger partial charge < -0.3 is 10.5 Å². The van der Waals surface area contributed by atoms with Gasteiger partial charge in [0.25, 0.3) is 0 Å². The second-order valence-corrected chi connectivity index (χ2v) is 3.54. The van der Waals surface area contributed by atoms with Gasteiger partial charge >= 0.3 is 0 Å². The Hall–Kier alpha value is -2.68. The summed E-state index contributed by atoms with van der Waals surface area (Å²) in [5.74, 6) is -0.302. The maximum atomic E-state index is 13.4. The molecule has 0 spiro atoms. The Balaban J connectivity index is 2.44. The molecule has 0 amide bonds. The first-order valence-electron chi connectivity index (χ1n) is 5.07. The third kappa shape index (κ3) is 2.20. The molecular formula is C12H9FN4O. The standard InChI is InChI=1S/C12H9FN4O/c1-7-6-16-12(15)17-11(7)18-10-4-2-3-9(13)8(10)5-14/h2-4,6H,1H3,(H2,15,16,17). The van der Waals surface area contributed by atoms with Gasteiger partial charge in [0.1, 0.15) is 23.2 Å². The van der Waals surface area contributed by atoms with Crippen LogP contribution in [-0.2, 0) is 0 Å². The number of aromatic nitrogens is 2. The molecule has 6 heteroatoms. The Bertz CT molecular complexity index is 636. The summed E-state index contributed by atoms with van der Waals surface area (Å²) in [6.45, 7) is 1.72. The van der Waals surface area contributed by atoms with Crippen molar-refractivity contribution < 1.29 is 9.13 Å². The second kappa shape index (κ2) is 4.67. The molecule has 18 heavy (non-hydrogen) atoms. The number of ether oxygens (including phenoxy) is 1. The van der Waals surface area contributed by atoms with E-state index in [0.29, 0.717) is 5.56 Å². The van der Waals surface area contributed by atoms with Gasteiger partial charge in [-0.25, -0.2) is 9.37 Å². The van der Waals surface area contributed by atoms with E-state index >= 15 is 0 Å². The summed E-state index contributed by atoms with van der Waals surface area (Å²) < 4.78 is 18.8. The van der Waals surface area contributed by atoms with Gasteiger partial charge in [0.2, 0.25) is 11.8 Å². The van der Waals surface area contributed by atoms with E-state index in [1.807, 2.05) is 0 Å². The molecule has 0 bridgehead atoms. The average Bonchev–Trinajstić information content (AvgIpc) is 2.34. The highest BCUT2D eigenvalue weighted by molar-refractivity contribution is 5.46. The lowest BCUT2D eigenvalue weighted by atomic mass is 10.2. The second-order valence-electron chi connectivity index (χ2n) is 3.54. The van der Waals surface area contributed by atoms with Crippen LogP contribution in [0.25, 0.3) is 0 Å². The third-order valence-corrected chi connectivity index (χ3v) is 2.24. The molecule has 0 radical (unpaired) electrons. The lowest BCUT2D eigenvalue weighted by Crippen LogP contribution is -2.00. The third-order valence-electron chi connectivity index (χ3n) is 2.24. The average molecular weight is 244 g/mol. The summed E-state index contributed by atoms with van der Waals surface area (Å²) in [7, 11) is 0. The number of benzene rings is 1. The molecule has 2 aromatic rings. The van der Waals surface area contributed by atoms with Crippen molar-refractivity contribution in [2.24, 2.45) is 0 Å². The van der Waals surface area contributed by atoms with E-state index in [0.717, 1.165) is 0 Å². The summed E-state index contributed by atoms with van der Waals surface area (Å²) in [6, 6.07) is 5.87. The number of nitrogens with two attached hydrogens (primary N) is 1. The Morgan fingerprint density at radius 3 is 2.94 bits per heavy atom. The molecular weight excluding hydrogens is 235 g/mol. The molecule has 1 aromatic heterocycles. The molecule has 1 heterocycles. The van der Waals surface area contributed by atoms with Crippen LogP contribution in [0.5, 0.6) is 11.6 Å². The van der Waals surface area contributed by atoms with Crippen LogP contribution in [0.3, 0.4) is 0 Å². The van der Waals surface area contributed by atoms with Crippen LogP contribution in [-0.4, -0.2) is 9.97 Å². The van der Waals surface area contributed by atoms with Gasteiger partial charge in [0.15, 0.2) is 0 Å². The van der Waals surface area contributed by atoms with E-state index in [1.54, 1.807) is 13.0 Å². The van der Waals surface area contributed by atoms with Crippen LogP contribution in [0.4, 0.5) is 10.3 Å². The van der Waals surface area contributed by atoms with Crippen LogP contribution >= 0.6 is 0 Å². The summed E-state index contributed by atoms with van der Waals surface area (Å²) in [6.07, 6.45) is 1.49. The van der Waals surface area contributed by atoms with Gasteiger partial charge in [-0.15, -0.1) is 0 Å². The molecule has 0 saturated heterocycles. The molecule has 5 nitrogen and oxygen atoms in total. The molecule has 0 aliphatic heterocycles. The van der Waals surface area contributed by atoms with Gasteiger partial charge in [-0.3, -0.25) is 0 Å². The van der Waals surface area contributed by atoms with Crippen LogP contribution in [0.15, 0.2) is 24.4 Å². The fourth-order valence-electron chi connectivity index (χ4n) is 1.34. The number of rotatable bonds is 2. The van der Waals surface area contributed by atoms with Gasteiger partial charge in [-0.05, 0) is 19.1 Å². The minimum atomic E-state index is -0.644. The number of nitriles is 1. The van der Waals surface area contributed by atoms with E-state index in [9.17, 15) is 4.39 Å². The van der Waals surface area contributed by atoms with E-state index in [2.05, 4.69) is 9.97 Å². The Morgan fingerprint density at radius 1 is 1.44 bits per heavy atom. The normalized spacial score (nSPS) is 9.83. The topological polar surface area (TPSA) is 84.8 Å². The minimum Gasteiger partial charge on any atom is -0.437 e. The molecule has 0 unspecified atom stereocenters. The van der Waals surface area contributed by atoms with Crippen LogP contribution in [0.2, 0.25) is 0 Å². The fraction of sp³-hybridized carbons (Fsp3) is 0.0833. The van der Waals surface area contributed by atoms with Crippen LogP contribution in [0, 0.1) is 24.1 Å². The predicted octanol–water partition coefficient (Wildman–Crippen LogP) is 2.17. The first-order chi connectivity index (χ1) is 8.61. The zero-order chi connectivity index (χ0) is 13.1. The first-order valence-corrected chi connectivity index (χ1v) is 5.07. The zero-order valence-corrected chi connectivity index (χ0v) is 9.51. The quantitative estimate of drug-likeness (QED) is 0.875. The van der Waals surface area contributed by atoms with Gasteiger partial charge in [0, 0.05) is 11.8 Å². The van der Waals surface area contributed by atoms with Crippen molar-refractivity contribution in [2.45, 2.75) is 6.92 Å². The summed E-state index contributed by atoms with van der Waals surface area (Å²) in [5.41, 5.74) is 5.90. The number of hydrogen-bond acceptors (Lipinski definition) is 5. The number of nitrogens with zero attached hydrogens (tertiary/aromatic N) is 3. The van der Waals surface area contributed by atoms with Crippen LogP contribution < -0.4 is 10.5 Å². The molecule has 90 valence electrons. The molecule has 0 fully saturated rings. The maximum Gasteiger partial charge on any atom is 0.227 e. The van der Waals surface area contributed by atoms with Crippen molar-refractivity contribution in [1.29, 1.82) is 5.26 Å². The summed E-state index contributed by atoms with van der Waals surface area (Å²) in [4.78, 5) is 7.67. The van der Waals surface area contributed by atoms with E-state index in [4.69, 9.17) is 15.7 Å². The molecule has 1 aromatic carbocycles. The van der Waals surface area contributed by atoms with Crippen molar-refractivity contribution in [2.75, 3.05) is 5.73 Å². The first kappa shape index (κ1) is 11.8. The van der Waals surface area contributed by atoms with Crippen molar-refractivity contribution in [3.8, 4) is 17.7 Å². The lowest BCUT2D eigenvalue weighted by molar-refractivity contribution is 0.452. The van der Waals surface area contributed by atoms with Gasteiger partial charge in [-0.1, -0.05) is 6.07 Å². The lowest BCUT2D eigenvalue weighted by Gasteiger charge is -2.09. The largest absolute Gasteiger partial charge is 0.437 e. The highest BCUT2D eigenvalue weighted by Gasteiger charge is 2.12. The zero-order valence-electron chi connectivity index (χ0n) is 9.51. The number of anilines is 1. The molecule has 0 atom stereocenters. The van der Waals surface area contributed by atoms with Crippen molar-refractivity contribution >= 4 is 5.95 Å². The fourth-order valence-corrected chi connectivity index (χ4v) is 1.34. The van der Waals surface area contributed by atoms with Gasteiger partial charge in [0.05, 0.1) is 0 Å². The number of aryl methyl sites for hydroxylation is 1. The number of hydrogen-bond donors (Lipinski definition) is 1. The van der Waals surface area contributed by atoms with E-state index in [-0.39, 0.29) is 23.1 Å². The predicted molar refractivity (Wildman–Crippen MR) is 62.4 cm³/mol. The monoisotopic (exact) mass is 244 g/mol. The van der Waals surface area contributed by atoms with E-state index in [1.165, 1.54) is 24.4 Å². The molecule has 2 rings (SSSR count). The molecule has 0 aliphatic rings. The highest BCUT2D eigenvalue weighted by Crippen LogP contribution is 2.27. The van der Waals surface area contributed by atoms with Gasteiger partial charge in [-0.2, -0.15) is 10.2 Å². The Labute approximate surface area is 103 Å². The Morgan fingerprint density at radius 2 is 2.22 bits per heavy atom. The minimum absolute atomic E-state index is 0.0468. The van der Waals surface area contributed by atoms with Crippen molar-refractivity contribution in [3.05, 3.63) is 41.3 Å². The summed E-state index contributed by atoms with van der Waals surface area (Å²) in [5, 5.41) is 8.87.